The second-order valence-electron chi connectivity index (χ2n) is 5.08. The zero-order chi connectivity index (χ0) is 10.3. The molecule has 0 aliphatic carbocycles. The molecule has 2 rings (SSSR count). The van der Waals surface area contributed by atoms with E-state index in [0.29, 0.717) is 5.41 Å². The lowest BCUT2D eigenvalue weighted by molar-refractivity contribution is 0.462. The molecule has 1 heteroatoms. The van der Waals surface area contributed by atoms with Crippen molar-refractivity contribution in [3.63, 3.8) is 0 Å². The Bertz CT molecular complexity index is 352. The fourth-order valence-corrected chi connectivity index (χ4v) is 2.23. The van der Waals surface area contributed by atoms with E-state index >= 15 is 0 Å². The molecule has 0 amide bonds. The van der Waals surface area contributed by atoms with E-state index in [9.17, 15) is 0 Å². The molecule has 0 aromatic heterocycles. The first-order valence-electron chi connectivity index (χ1n) is 5.33. The number of hydrogen-bond acceptors (Lipinski definition) is 1. The van der Waals surface area contributed by atoms with E-state index < -0.39 is 0 Å². The third-order valence-electron chi connectivity index (χ3n) is 3.36. The van der Waals surface area contributed by atoms with Crippen LogP contribution in [0.1, 0.15) is 31.4 Å². The molecule has 14 heavy (non-hydrogen) atoms. The summed E-state index contributed by atoms with van der Waals surface area (Å²) in [5.41, 5.74) is 4.62. The quantitative estimate of drug-likeness (QED) is 0.606. The van der Waals surface area contributed by atoms with Gasteiger partial charge in [0, 0.05) is 19.3 Å². The SMILES string of the molecule is Cc1ccc2c(c1)C(C)(C)CCN2C. The number of anilines is 1. The maximum Gasteiger partial charge on any atom is 0.0401 e. The standard InChI is InChI=1S/C13H19N/c1-10-5-6-12-11(9-10)13(2,3)7-8-14(12)4/h5-6,9H,7-8H2,1-4H3. The third-order valence-corrected chi connectivity index (χ3v) is 3.36. The van der Waals surface area contributed by atoms with Gasteiger partial charge in [0.1, 0.15) is 0 Å². The molecular formula is C13H19N. The van der Waals surface area contributed by atoms with Gasteiger partial charge in [0.05, 0.1) is 0 Å². The molecule has 0 saturated heterocycles. The van der Waals surface area contributed by atoms with Crippen molar-refractivity contribution in [3.05, 3.63) is 29.3 Å². The van der Waals surface area contributed by atoms with Crippen molar-refractivity contribution in [2.24, 2.45) is 0 Å². The maximum absolute atomic E-state index is 2.36. The average Bonchev–Trinajstić information content (AvgIpc) is 2.12. The Morgan fingerprint density at radius 1 is 1.29 bits per heavy atom. The second-order valence-corrected chi connectivity index (χ2v) is 5.08. The molecule has 1 aromatic rings. The largest absolute Gasteiger partial charge is 0.374 e. The van der Waals surface area contributed by atoms with Crippen LogP contribution in [0.5, 0.6) is 0 Å². The van der Waals surface area contributed by atoms with Crippen molar-refractivity contribution in [2.75, 3.05) is 18.5 Å². The summed E-state index contributed by atoms with van der Waals surface area (Å²) < 4.78 is 0. The Kier molecular flexibility index (Phi) is 2.06. The molecular weight excluding hydrogens is 170 g/mol. The molecule has 76 valence electrons. The summed E-state index contributed by atoms with van der Waals surface area (Å²) in [6, 6.07) is 6.80. The molecule has 0 N–H and O–H groups in total. The first-order chi connectivity index (χ1) is 6.50. The topological polar surface area (TPSA) is 3.24 Å². The van der Waals surface area contributed by atoms with Gasteiger partial charge >= 0.3 is 0 Å². The fourth-order valence-electron chi connectivity index (χ4n) is 2.23. The van der Waals surface area contributed by atoms with Gasteiger partial charge in [-0.1, -0.05) is 31.5 Å². The van der Waals surface area contributed by atoms with Crippen molar-refractivity contribution < 1.29 is 0 Å². The highest BCUT2D eigenvalue weighted by Gasteiger charge is 2.29. The summed E-state index contributed by atoms with van der Waals surface area (Å²) >= 11 is 0. The van der Waals surface area contributed by atoms with Crippen LogP contribution in [0.3, 0.4) is 0 Å². The van der Waals surface area contributed by atoms with Gasteiger partial charge in [0.25, 0.3) is 0 Å². The highest BCUT2D eigenvalue weighted by atomic mass is 15.1. The molecule has 1 aliphatic heterocycles. The molecule has 1 nitrogen and oxygen atoms in total. The first-order valence-corrected chi connectivity index (χ1v) is 5.33. The van der Waals surface area contributed by atoms with Crippen molar-refractivity contribution in [1.29, 1.82) is 0 Å². The van der Waals surface area contributed by atoms with Crippen LogP contribution < -0.4 is 4.90 Å². The van der Waals surface area contributed by atoms with E-state index in [4.69, 9.17) is 0 Å². The van der Waals surface area contributed by atoms with Crippen LogP contribution in [-0.4, -0.2) is 13.6 Å². The Labute approximate surface area is 86.7 Å². The highest BCUT2D eigenvalue weighted by Crippen LogP contribution is 2.39. The van der Waals surface area contributed by atoms with E-state index in [0.717, 1.165) is 0 Å². The Hall–Kier alpha value is -0.980. The van der Waals surface area contributed by atoms with Crippen LogP contribution in [0.25, 0.3) is 0 Å². The molecule has 0 spiro atoms. The Balaban J connectivity index is 2.58. The lowest BCUT2D eigenvalue weighted by Gasteiger charge is -2.38. The van der Waals surface area contributed by atoms with Crippen LogP contribution in [0.15, 0.2) is 18.2 Å². The number of nitrogens with zero attached hydrogens (tertiary/aromatic N) is 1. The number of fused-ring (bicyclic) bond motifs is 1. The molecule has 0 fully saturated rings. The molecule has 1 aromatic carbocycles. The number of rotatable bonds is 0. The summed E-state index contributed by atoms with van der Waals surface area (Å²) in [4.78, 5) is 2.36. The van der Waals surface area contributed by atoms with E-state index in [1.165, 1.54) is 29.8 Å². The smallest absolute Gasteiger partial charge is 0.0401 e. The van der Waals surface area contributed by atoms with Crippen molar-refractivity contribution in [2.45, 2.75) is 32.6 Å². The van der Waals surface area contributed by atoms with Crippen LogP contribution in [0.2, 0.25) is 0 Å². The lowest BCUT2D eigenvalue weighted by Crippen LogP contribution is -2.34. The minimum Gasteiger partial charge on any atom is -0.374 e. The number of aryl methyl sites for hydroxylation is 1. The summed E-state index contributed by atoms with van der Waals surface area (Å²) in [5.74, 6) is 0. The molecule has 0 bridgehead atoms. The van der Waals surface area contributed by atoms with E-state index in [1.54, 1.807) is 0 Å². The van der Waals surface area contributed by atoms with E-state index in [1.807, 2.05) is 0 Å². The van der Waals surface area contributed by atoms with Crippen LogP contribution in [0, 0.1) is 6.92 Å². The van der Waals surface area contributed by atoms with Crippen molar-refractivity contribution in [3.8, 4) is 0 Å². The Morgan fingerprint density at radius 3 is 2.71 bits per heavy atom. The van der Waals surface area contributed by atoms with Gasteiger partial charge < -0.3 is 4.90 Å². The average molecular weight is 189 g/mol. The molecule has 0 unspecified atom stereocenters. The lowest BCUT2D eigenvalue weighted by atomic mass is 9.77. The minimum atomic E-state index is 0.341. The van der Waals surface area contributed by atoms with Crippen LogP contribution in [0.4, 0.5) is 5.69 Å². The summed E-state index contributed by atoms with van der Waals surface area (Å²) in [6.07, 6.45) is 1.25. The molecule has 0 saturated carbocycles. The molecule has 1 heterocycles. The number of hydrogen-bond donors (Lipinski definition) is 0. The van der Waals surface area contributed by atoms with Crippen molar-refractivity contribution >= 4 is 5.69 Å². The van der Waals surface area contributed by atoms with Gasteiger partial charge in [-0.25, -0.2) is 0 Å². The number of benzene rings is 1. The zero-order valence-corrected chi connectivity index (χ0v) is 9.59. The molecule has 0 atom stereocenters. The van der Waals surface area contributed by atoms with Crippen LogP contribution in [-0.2, 0) is 5.41 Å². The second kappa shape index (κ2) is 3.01. The zero-order valence-electron chi connectivity index (χ0n) is 9.59. The van der Waals surface area contributed by atoms with Crippen LogP contribution >= 0.6 is 0 Å². The Morgan fingerprint density at radius 2 is 2.00 bits per heavy atom. The normalized spacial score (nSPS) is 19.3. The molecule has 0 radical (unpaired) electrons. The third kappa shape index (κ3) is 1.41. The predicted molar refractivity (Wildman–Crippen MR) is 62.1 cm³/mol. The summed E-state index contributed by atoms with van der Waals surface area (Å²) in [6.45, 7) is 8.03. The van der Waals surface area contributed by atoms with Gasteiger partial charge in [0.2, 0.25) is 0 Å². The van der Waals surface area contributed by atoms with E-state index in [2.05, 4.69) is 50.9 Å². The summed E-state index contributed by atoms with van der Waals surface area (Å²) in [5, 5.41) is 0. The summed E-state index contributed by atoms with van der Waals surface area (Å²) in [7, 11) is 2.18. The van der Waals surface area contributed by atoms with Crippen molar-refractivity contribution in [1.82, 2.24) is 0 Å². The van der Waals surface area contributed by atoms with Gasteiger partial charge in [-0.2, -0.15) is 0 Å². The van der Waals surface area contributed by atoms with Gasteiger partial charge in [0.15, 0.2) is 0 Å². The van der Waals surface area contributed by atoms with Gasteiger partial charge in [-0.05, 0) is 30.4 Å². The first kappa shape index (κ1) is 9.57. The van der Waals surface area contributed by atoms with Gasteiger partial charge in [-0.15, -0.1) is 0 Å². The fraction of sp³-hybridized carbons (Fsp3) is 0.538. The molecule has 1 aliphatic rings. The van der Waals surface area contributed by atoms with E-state index in [-0.39, 0.29) is 0 Å². The highest BCUT2D eigenvalue weighted by molar-refractivity contribution is 5.59. The maximum atomic E-state index is 2.36. The monoisotopic (exact) mass is 189 g/mol. The van der Waals surface area contributed by atoms with Gasteiger partial charge in [-0.3, -0.25) is 0 Å². The predicted octanol–water partition coefficient (Wildman–Crippen LogP) is 3.11. The minimum absolute atomic E-state index is 0.341.